The Morgan fingerprint density at radius 2 is 1.81 bits per heavy atom. The van der Waals surface area contributed by atoms with Crippen molar-refractivity contribution in [3.05, 3.63) is 76.9 Å². The van der Waals surface area contributed by atoms with Crippen LogP contribution in [0.3, 0.4) is 0 Å². The van der Waals surface area contributed by atoms with E-state index in [0.717, 1.165) is 11.6 Å². The highest BCUT2D eigenvalue weighted by Crippen LogP contribution is 2.36. The molecular weight excluding hydrogens is 377 g/mol. The molecule has 0 spiro atoms. The Morgan fingerprint density at radius 3 is 2.52 bits per heavy atom. The van der Waals surface area contributed by atoms with Crippen LogP contribution >= 0.6 is 11.6 Å². The Bertz CT molecular complexity index is 916. The summed E-state index contributed by atoms with van der Waals surface area (Å²) in [4.78, 5) is 10.4. The first-order valence-electron chi connectivity index (χ1n) is 8.05. The fraction of sp³-hybridized carbons (Fsp3) is 0.158. The number of nitrogens with one attached hydrogen (secondary N) is 1. The summed E-state index contributed by atoms with van der Waals surface area (Å²) in [5.74, 6) is 0.837. The average Bonchev–Trinajstić information content (AvgIpc) is 2.63. The Morgan fingerprint density at radius 1 is 1.07 bits per heavy atom. The van der Waals surface area contributed by atoms with Gasteiger partial charge in [-0.2, -0.15) is 18.2 Å². The maximum atomic E-state index is 13.0. The van der Waals surface area contributed by atoms with Gasteiger partial charge in [-0.05, 0) is 29.8 Å². The van der Waals surface area contributed by atoms with Gasteiger partial charge in [0.25, 0.3) is 0 Å². The SMILES string of the molecule is CN(Cc1ccccc1)c1nccc(Nc2ccc(Cl)c(C(F)(F)F)c2)n1. The first-order chi connectivity index (χ1) is 12.8. The van der Waals surface area contributed by atoms with Gasteiger partial charge in [0.05, 0.1) is 10.6 Å². The molecule has 3 rings (SSSR count). The molecular formula is C19H16ClF3N4. The molecule has 3 aromatic rings. The molecule has 0 saturated carbocycles. The zero-order valence-electron chi connectivity index (χ0n) is 14.3. The Balaban J connectivity index is 1.78. The van der Waals surface area contributed by atoms with E-state index in [4.69, 9.17) is 11.6 Å². The summed E-state index contributed by atoms with van der Waals surface area (Å²) >= 11 is 5.65. The normalized spacial score (nSPS) is 11.3. The summed E-state index contributed by atoms with van der Waals surface area (Å²) in [6.07, 6.45) is -2.98. The van der Waals surface area contributed by atoms with Crippen molar-refractivity contribution in [2.75, 3.05) is 17.3 Å². The van der Waals surface area contributed by atoms with Crippen LogP contribution in [0, 0.1) is 0 Å². The topological polar surface area (TPSA) is 41.1 Å². The van der Waals surface area contributed by atoms with Crippen molar-refractivity contribution in [1.29, 1.82) is 0 Å². The van der Waals surface area contributed by atoms with Crippen molar-refractivity contribution < 1.29 is 13.2 Å². The van der Waals surface area contributed by atoms with Crippen LogP contribution in [0.15, 0.2) is 60.8 Å². The summed E-state index contributed by atoms with van der Waals surface area (Å²) in [6, 6.07) is 15.0. The monoisotopic (exact) mass is 392 g/mol. The second kappa shape index (κ2) is 7.84. The number of hydrogen-bond acceptors (Lipinski definition) is 4. The zero-order valence-corrected chi connectivity index (χ0v) is 15.1. The first-order valence-corrected chi connectivity index (χ1v) is 8.42. The van der Waals surface area contributed by atoms with Gasteiger partial charge in [-0.25, -0.2) is 4.98 Å². The lowest BCUT2D eigenvalue weighted by Crippen LogP contribution is -2.19. The molecule has 0 amide bonds. The molecule has 0 bridgehead atoms. The van der Waals surface area contributed by atoms with Gasteiger partial charge in [0.1, 0.15) is 5.82 Å². The van der Waals surface area contributed by atoms with Gasteiger partial charge in [-0.1, -0.05) is 41.9 Å². The second-order valence-corrected chi connectivity index (χ2v) is 6.31. The summed E-state index contributed by atoms with van der Waals surface area (Å²) < 4.78 is 39.0. The standard InChI is InChI=1S/C19H16ClF3N4/c1-27(12-13-5-3-2-4-6-13)18-24-10-9-17(26-18)25-14-7-8-16(20)15(11-14)19(21,22)23/h2-11H,12H2,1H3,(H,24,25,26). The van der Waals surface area contributed by atoms with E-state index in [1.807, 2.05) is 42.3 Å². The highest BCUT2D eigenvalue weighted by atomic mass is 35.5. The maximum Gasteiger partial charge on any atom is 0.417 e. The second-order valence-electron chi connectivity index (χ2n) is 5.90. The van der Waals surface area contributed by atoms with Crippen molar-refractivity contribution in [3.63, 3.8) is 0 Å². The van der Waals surface area contributed by atoms with E-state index in [9.17, 15) is 13.2 Å². The van der Waals surface area contributed by atoms with Crippen molar-refractivity contribution in [3.8, 4) is 0 Å². The Hall–Kier alpha value is -2.80. The molecule has 0 aliphatic rings. The molecule has 27 heavy (non-hydrogen) atoms. The lowest BCUT2D eigenvalue weighted by molar-refractivity contribution is -0.137. The van der Waals surface area contributed by atoms with Crippen molar-refractivity contribution in [1.82, 2.24) is 9.97 Å². The van der Waals surface area contributed by atoms with Gasteiger partial charge in [0.2, 0.25) is 5.95 Å². The number of halogens is 4. The molecule has 0 fully saturated rings. The van der Waals surface area contributed by atoms with E-state index in [2.05, 4.69) is 15.3 Å². The quantitative estimate of drug-likeness (QED) is 0.620. The van der Waals surface area contributed by atoms with Gasteiger partial charge in [0, 0.05) is 25.5 Å². The van der Waals surface area contributed by atoms with E-state index < -0.39 is 11.7 Å². The third kappa shape index (κ3) is 4.89. The van der Waals surface area contributed by atoms with Gasteiger partial charge in [-0.3, -0.25) is 0 Å². The molecule has 1 N–H and O–H groups in total. The van der Waals surface area contributed by atoms with Gasteiger partial charge in [0.15, 0.2) is 0 Å². The molecule has 8 heteroatoms. The summed E-state index contributed by atoms with van der Waals surface area (Å²) in [7, 11) is 1.84. The largest absolute Gasteiger partial charge is 0.417 e. The molecule has 1 heterocycles. The molecule has 2 aromatic carbocycles. The van der Waals surface area contributed by atoms with Crippen LogP contribution in [0.5, 0.6) is 0 Å². The minimum absolute atomic E-state index is 0.238. The van der Waals surface area contributed by atoms with E-state index in [0.29, 0.717) is 18.3 Å². The maximum absolute atomic E-state index is 13.0. The lowest BCUT2D eigenvalue weighted by Gasteiger charge is -2.18. The molecule has 140 valence electrons. The number of rotatable bonds is 5. The number of alkyl halides is 3. The van der Waals surface area contributed by atoms with Gasteiger partial charge in [-0.15, -0.1) is 0 Å². The van der Waals surface area contributed by atoms with E-state index >= 15 is 0 Å². The average molecular weight is 393 g/mol. The van der Waals surface area contributed by atoms with Crippen LogP contribution in [-0.2, 0) is 12.7 Å². The number of nitrogens with zero attached hydrogens (tertiary/aromatic N) is 3. The zero-order chi connectivity index (χ0) is 19.4. The lowest BCUT2D eigenvalue weighted by atomic mass is 10.2. The van der Waals surface area contributed by atoms with E-state index in [-0.39, 0.29) is 10.7 Å². The minimum Gasteiger partial charge on any atom is -0.340 e. The number of benzene rings is 2. The van der Waals surface area contributed by atoms with Crippen LogP contribution in [0.4, 0.5) is 30.6 Å². The van der Waals surface area contributed by atoms with Crippen molar-refractivity contribution >= 4 is 29.1 Å². The van der Waals surface area contributed by atoms with Crippen molar-refractivity contribution in [2.24, 2.45) is 0 Å². The third-order valence-electron chi connectivity index (χ3n) is 3.79. The van der Waals surface area contributed by atoms with Crippen LogP contribution in [0.1, 0.15) is 11.1 Å². The molecule has 0 unspecified atom stereocenters. The van der Waals surface area contributed by atoms with Crippen LogP contribution < -0.4 is 10.2 Å². The molecule has 0 atom stereocenters. The fourth-order valence-corrected chi connectivity index (χ4v) is 2.72. The highest BCUT2D eigenvalue weighted by Gasteiger charge is 2.33. The molecule has 0 aliphatic carbocycles. The number of hydrogen-bond donors (Lipinski definition) is 1. The molecule has 0 saturated heterocycles. The van der Waals surface area contributed by atoms with Crippen molar-refractivity contribution in [2.45, 2.75) is 12.7 Å². The fourth-order valence-electron chi connectivity index (χ4n) is 2.50. The number of aromatic nitrogens is 2. The van der Waals surface area contributed by atoms with Gasteiger partial charge >= 0.3 is 6.18 Å². The molecule has 0 aliphatic heterocycles. The van der Waals surface area contributed by atoms with E-state index in [1.165, 1.54) is 12.1 Å². The predicted molar refractivity (Wildman–Crippen MR) is 100 cm³/mol. The molecule has 4 nitrogen and oxygen atoms in total. The Labute approximate surface area is 159 Å². The van der Waals surface area contributed by atoms with Crippen LogP contribution in [-0.4, -0.2) is 17.0 Å². The minimum atomic E-state index is -4.53. The molecule has 0 radical (unpaired) electrons. The van der Waals surface area contributed by atoms with Crippen LogP contribution in [0.2, 0.25) is 5.02 Å². The van der Waals surface area contributed by atoms with Gasteiger partial charge < -0.3 is 10.2 Å². The van der Waals surface area contributed by atoms with Crippen LogP contribution in [0.25, 0.3) is 0 Å². The third-order valence-corrected chi connectivity index (χ3v) is 4.12. The predicted octanol–water partition coefficient (Wildman–Crippen LogP) is 5.53. The highest BCUT2D eigenvalue weighted by molar-refractivity contribution is 6.31. The Kier molecular flexibility index (Phi) is 5.51. The summed E-state index contributed by atoms with van der Waals surface area (Å²) in [5.41, 5.74) is 0.432. The first kappa shape index (κ1) is 19.0. The number of anilines is 3. The molecule has 1 aromatic heterocycles. The summed E-state index contributed by atoms with van der Waals surface area (Å²) in [6.45, 7) is 0.601. The smallest absolute Gasteiger partial charge is 0.340 e. The van der Waals surface area contributed by atoms with E-state index in [1.54, 1.807) is 12.3 Å². The summed E-state index contributed by atoms with van der Waals surface area (Å²) in [5, 5.41) is 2.52.